The third-order valence-corrected chi connectivity index (χ3v) is 4.55. The third-order valence-electron chi connectivity index (χ3n) is 4.55. The second kappa shape index (κ2) is 7.10. The van der Waals surface area contributed by atoms with Crippen molar-refractivity contribution in [2.45, 2.75) is 6.92 Å². The van der Waals surface area contributed by atoms with Gasteiger partial charge in [-0.05, 0) is 12.1 Å². The molecule has 27 heavy (non-hydrogen) atoms. The standard InChI is InChI=1S/C18H19N5O4/c1-12(24)22-4-6-23(7-5-22)17-10-19-14(9-20-17)18(25)21-13-2-3-15-16(8-13)27-11-26-15/h2-3,8-10H,4-7,11H2,1H3,(H,21,25). The number of ether oxygens (including phenoxy) is 2. The molecule has 0 saturated carbocycles. The lowest BCUT2D eigenvalue weighted by molar-refractivity contribution is -0.129. The molecule has 0 atom stereocenters. The lowest BCUT2D eigenvalue weighted by Crippen LogP contribution is -2.48. The maximum absolute atomic E-state index is 12.4. The van der Waals surface area contributed by atoms with E-state index in [1.54, 1.807) is 36.2 Å². The number of rotatable bonds is 3. The van der Waals surface area contributed by atoms with Crippen LogP contribution in [-0.2, 0) is 4.79 Å². The number of amides is 2. The summed E-state index contributed by atoms with van der Waals surface area (Å²) in [6, 6.07) is 5.19. The summed E-state index contributed by atoms with van der Waals surface area (Å²) in [6.07, 6.45) is 3.03. The van der Waals surface area contributed by atoms with Crippen molar-refractivity contribution in [1.29, 1.82) is 0 Å². The highest BCUT2D eigenvalue weighted by Gasteiger charge is 2.20. The van der Waals surface area contributed by atoms with Gasteiger partial charge in [0.2, 0.25) is 12.7 Å². The molecule has 3 heterocycles. The van der Waals surface area contributed by atoms with Gasteiger partial charge in [0.1, 0.15) is 11.5 Å². The highest BCUT2D eigenvalue weighted by molar-refractivity contribution is 6.02. The number of benzene rings is 1. The van der Waals surface area contributed by atoms with Gasteiger partial charge in [-0.25, -0.2) is 9.97 Å². The summed E-state index contributed by atoms with van der Waals surface area (Å²) in [6.45, 7) is 4.45. The fourth-order valence-corrected chi connectivity index (χ4v) is 3.02. The number of piperazine rings is 1. The van der Waals surface area contributed by atoms with Crippen LogP contribution in [0.1, 0.15) is 17.4 Å². The van der Waals surface area contributed by atoms with Crippen molar-refractivity contribution in [3.63, 3.8) is 0 Å². The second-order valence-electron chi connectivity index (χ2n) is 6.28. The van der Waals surface area contributed by atoms with E-state index in [0.29, 0.717) is 49.2 Å². The summed E-state index contributed by atoms with van der Waals surface area (Å²) in [5.41, 5.74) is 0.814. The third kappa shape index (κ3) is 3.62. The van der Waals surface area contributed by atoms with Crippen molar-refractivity contribution in [2.24, 2.45) is 0 Å². The van der Waals surface area contributed by atoms with Crippen LogP contribution in [0.3, 0.4) is 0 Å². The van der Waals surface area contributed by atoms with Crippen molar-refractivity contribution in [3.05, 3.63) is 36.3 Å². The highest BCUT2D eigenvalue weighted by Crippen LogP contribution is 2.34. The van der Waals surface area contributed by atoms with Crippen molar-refractivity contribution in [3.8, 4) is 11.5 Å². The number of anilines is 2. The topological polar surface area (TPSA) is 96.9 Å². The molecule has 9 nitrogen and oxygen atoms in total. The average molecular weight is 369 g/mol. The van der Waals surface area contributed by atoms with E-state index in [1.165, 1.54) is 6.20 Å². The van der Waals surface area contributed by atoms with Gasteiger partial charge < -0.3 is 24.6 Å². The first-order chi connectivity index (χ1) is 13.1. The second-order valence-corrected chi connectivity index (χ2v) is 6.28. The first kappa shape index (κ1) is 17.1. The molecule has 0 unspecified atom stereocenters. The Kier molecular flexibility index (Phi) is 4.49. The summed E-state index contributed by atoms with van der Waals surface area (Å²) in [5.74, 6) is 1.67. The minimum absolute atomic E-state index is 0.0799. The molecule has 1 saturated heterocycles. The predicted molar refractivity (Wildman–Crippen MR) is 97.0 cm³/mol. The first-order valence-electron chi connectivity index (χ1n) is 8.63. The quantitative estimate of drug-likeness (QED) is 0.866. The number of hydrogen-bond acceptors (Lipinski definition) is 7. The van der Waals surface area contributed by atoms with Gasteiger partial charge in [-0.3, -0.25) is 9.59 Å². The number of aromatic nitrogens is 2. The summed E-state index contributed by atoms with van der Waals surface area (Å²) in [7, 11) is 0. The molecule has 2 aliphatic heterocycles. The van der Waals surface area contributed by atoms with Crippen LogP contribution in [0.25, 0.3) is 0 Å². The summed E-state index contributed by atoms with van der Waals surface area (Å²) < 4.78 is 10.5. The van der Waals surface area contributed by atoms with E-state index in [-0.39, 0.29) is 24.3 Å². The zero-order valence-electron chi connectivity index (χ0n) is 14.8. The van der Waals surface area contributed by atoms with Gasteiger partial charge >= 0.3 is 0 Å². The van der Waals surface area contributed by atoms with Crippen LogP contribution in [0, 0.1) is 0 Å². The molecule has 0 aliphatic carbocycles. The maximum Gasteiger partial charge on any atom is 0.275 e. The molecular formula is C18H19N5O4. The summed E-state index contributed by atoms with van der Waals surface area (Å²) in [4.78, 5) is 36.2. The SMILES string of the molecule is CC(=O)N1CCN(c2cnc(C(=O)Nc3ccc4c(c3)OCO4)cn2)CC1. The number of nitrogens with one attached hydrogen (secondary N) is 1. The number of nitrogens with zero attached hydrogens (tertiary/aromatic N) is 4. The molecule has 2 aromatic rings. The number of hydrogen-bond donors (Lipinski definition) is 1. The maximum atomic E-state index is 12.4. The molecule has 2 amide bonds. The van der Waals surface area contributed by atoms with Crippen molar-refractivity contribution in [1.82, 2.24) is 14.9 Å². The van der Waals surface area contributed by atoms with E-state index >= 15 is 0 Å². The Bertz CT molecular complexity index is 863. The number of carbonyl (C=O) groups excluding carboxylic acids is 2. The zero-order valence-corrected chi connectivity index (χ0v) is 14.8. The van der Waals surface area contributed by atoms with E-state index in [9.17, 15) is 9.59 Å². The van der Waals surface area contributed by atoms with Gasteiger partial charge in [-0.1, -0.05) is 0 Å². The molecule has 9 heteroatoms. The van der Waals surface area contributed by atoms with Crippen LogP contribution < -0.4 is 19.7 Å². The van der Waals surface area contributed by atoms with Crippen LogP contribution in [0.2, 0.25) is 0 Å². The van der Waals surface area contributed by atoms with Crippen LogP contribution in [0.5, 0.6) is 11.5 Å². The van der Waals surface area contributed by atoms with E-state index < -0.39 is 0 Å². The minimum atomic E-state index is -0.352. The van der Waals surface area contributed by atoms with Gasteiger partial charge in [0.25, 0.3) is 5.91 Å². The van der Waals surface area contributed by atoms with E-state index in [2.05, 4.69) is 15.3 Å². The highest BCUT2D eigenvalue weighted by atomic mass is 16.7. The largest absolute Gasteiger partial charge is 0.454 e. The zero-order chi connectivity index (χ0) is 18.8. The van der Waals surface area contributed by atoms with Gasteiger partial charge in [-0.2, -0.15) is 0 Å². The molecule has 1 aromatic heterocycles. The average Bonchev–Trinajstić information content (AvgIpc) is 3.16. The summed E-state index contributed by atoms with van der Waals surface area (Å²) in [5, 5.41) is 2.77. The number of carbonyl (C=O) groups is 2. The Balaban J connectivity index is 1.38. The normalized spacial score (nSPS) is 15.6. The van der Waals surface area contributed by atoms with Gasteiger partial charge in [0.15, 0.2) is 11.5 Å². The lowest BCUT2D eigenvalue weighted by Gasteiger charge is -2.34. The fraction of sp³-hybridized carbons (Fsp3) is 0.333. The smallest absolute Gasteiger partial charge is 0.275 e. The van der Waals surface area contributed by atoms with Crippen molar-refractivity contribution < 1.29 is 19.1 Å². The molecule has 4 rings (SSSR count). The molecule has 2 aliphatic rings. The molecule has 1 aromatic carbocycles. The molecule has 0 radical (unpaired) electrons. The molecule has 1 fully saturated rings. The van der Waals surface area contributed by atoms with Crippen molar-refractivity contribution in [2.75, 3.05) is 43.2 Å². The Morgan fingerprint density at radius 1 is 1.04 bits per heavy atom. The van der Waals surface area contributed by atoms with Crippen LogP contribution in [0.4, 0.5) is 11.5 Å². The molecular weight excluding hydrogens is 350 g/mol. The summed E-state index contributed by atoms with van der Waals surface area (Å²) >= 11 is 0. The lowest BCUT2D eigenvalue weighted by atomic mass is 10.2. The van der Waals surface area contributed by atoms with Gasteiger partial charge in [0.05, 0.1) is 12.4 Å². The Morgan fingerprint density at radius 3 is 2.52 bits per heavy atom. The molecule has 1 N–H and O–H groups in total. The van der Waals surface area contributed by atoms with Crippen molar-refractivity contribution >= 4 is 23.3 Å². The van der Waals surface area contributed by atoms with Gasteiger partial charge in [-0.15, -0.1) is 0 Å². The molecule has 0 spiro atoms. The Hall–Kier alpha value is -3.36. The van der Waals surface area contributed by atoms with E-state index in [1.807, 2.05) is 4.90 Å². The Morgan fingerprint density at radius 2 is 1.81 bits per heavy atom. The Labute approximate surface area is 155 Å². The van der Waals surface area contributed by atoms with Gasteiger partial charge in [0, 0.05) is 44.9 Å². The molecule has 0 bridgehead atoms. The molecule has 140 valence electrons. The van der Waals surface area contributed by atoms with E-state index in [0.717, 1.165) is 0 Å². The minimum Gasteiger partial charge on any atom is -0.454 e. The first-order valence-corrected chi connectivity index (χ1v) is 8.63. The fourth-order valence-electron chi connectivity index (χ4n) is 3.02. The van der Waals surface area contributed by atoms with Crippen LogP contribution >= 0.6 is 0 Å². The van der Waals surface area contributed by atoms with E-state index in [4.69, 9.17) is 9.47 Å². The monoisotopic (exact) mass is 369 g/mol. The predicted octanol–water partition coefficient (Wildman–Crippen LogP) is 1.13. The van der Waals surface area contributed by atoms with Crippen LogP contribution in [0.15, 0.2) is 30.6 Å². The van der Waals surface area contributed by atoms with Crippen LogP contribution in [-0.4, -0.2) is 59.7 Å². The number of fused-ring (bicyclic) bond motifs is 1.